The lowest BCUT2D eigenvalue weighted by molar-refractivity contribution is 0.0621. The van der Waals surface area contributed by atoms with Crippen molar-refractivity contribution < 1.29 is 13.2 Å². The molecule has 7 nitrogen and oxygen atoms in total. The molecule has 0 N–H and O–H groups in total. The number of hydrogen-bond donors (Lipinski definition) is 0. The van der Waals surface area contributed by atoms with Gasteiger partial charge >= 0.3 is 0 Å². The molecule has 1 amide bonds. The maximum atomic E-state index is 13.7. The van der Waals surface area contributed by atoms with Crippen molar-refractivity contribution in [2.24, 2.45) is 11.8 Å². The SMILES string of the molecule is C=CCn1cc(C(=O)N2C[C@@H](C)C[C@H](C)C2)c(=O)c2cc(S(=O)(=O)N3CCc4ccccc4C3)ccc21. The molecule has 2 aromatic carbocycles. The highest BCUT2D eigenvalue weighted by molar-refractivity contribution is 7.89. The number of nitrogens with zero attached hydrogens (tertiary/aromatic N) is 3. The van der Waals surface area contributed by atoms with E-state index in [1.807, 2.05) is 24.3 Å². The summed E-state index contributed by atoms with van der Waals surface area (Å²) in [5.74, 6) is 0.411. The van der Waals surface area contributed by atoms with Crippen LogP contribution in [0.25, 0.3) is 10.9 Å². The van der Waals surface area contributed by atoms with Crippen molar-refractivity contribution in [3.05, 3.63) is 88.2 Å². The Morgan fingerprint density at radius 3 is 2.49 bits per heavy atom. The Morgan fingerprint density at radius 2 is 1.78 bits per heavy atom. The Hall–Kier alpha value is -3.23. The van der Waals surface area contributed by atoms with Gasteiger partial charge in [-0.3, -0.25) is 9.59 Å². The highest BCUT2D eigenvalue weighted by Crippen LogP contribution is 2.27. The number of pyridine rings is 1. The first-order valence-electron chi connectivity index (χ1n) is 12.8. The van der Waals surface area contributed by atoms with Gasteiger partial charge in [-0.1, -0.05) is 44.2 Å². The number of sulfonamides is 1. The molecule has 1 fully saturated rings. The minimum Gasteiger partial charge on any atom is -0.343 e. The Kier molecular flexibility index (Phi) is 6.81. The quantitative estimate of drug-likeness (QED) is 0.477. The lowest BCUT2D eigenvalue weighted by atomic mass is 9.91. The summed E-state index contributed by atoms with van der Waals surface area (Å²) < 4.78 is 30.5. The zero-order chi connectivity index (χ0) is 26.3. The van der Waals surface area contributed by atoms with Crippen LogP contribution in [0.4, 0.5) is 0 Å². The predicted molar refractivity (Wildman–Crippen MR) is 145 cm³/mol. The molecule has 8 heteroatoms. The van der Waals surface area contributed by atoms with E-state index in [0.29, 0.717) is 56.5 Å². The van der Waals surface area contributed by atoms with Crippen LogP contribution in [-0.2, 0) is 29.5 Å². The summed E-state index contributed by atoms with van der Waals surface area (Å²) in [6.07, 6.45) is 4.97. The van der Waals surface area contributed by atoms with Gasteiger partial charge in [0.15, 0.2) is 0 Å². The summed E-state index contributed by atoms with van der Waals surface area (Å²) in [5.41, 5.74) is 2.35. The average Bonchev–Trinajstić information content (AvgIpc) is 2.89. The fourth-order valence-corrected chi connectivity index (χ4v) is 7.25. The number of amides is 1. The van der Waals surface area contributed by atoms with Crippen molar-refractivity contribution in [3.63, 3.8) is 0 Å². The summed E-state index contributed by atoms with van der Waals surface area (Å²) in [5, 5.41) is 0.226. The molecule has 1 aromatic heterocycles. The molecule has 0 radical (unpaired) electrons. The third-order valence-electron chi connectivity index (χ3n) is 7.50. The molecule has 3 heterocycles. The maximum absolute atomic E-state index is 13.7. The van der Waals surface area contributed by atoms with E-state index in [1.54, 1.807) is 33.9 Å². The third-order valence-corrected chi connectivity index (χ3v) is 9.34. The topological polar surface area (TPSA) is 79.7 Å². The maximum Gasteiger partial charge on any atom is 0.259 e. The van der Waals surface area contributed by atoms with Crippen molar-refractivity contribution in [1.82, 2.24) is 13.8 Å². The van der Waals surface area contributed by atoms with Crippen LogP contribution in [0.1, 0.15) is 41.8 Å². The summed E-state index contributed by atoms with van der Waals surface area (Å²) in [7, 11) is -3.84. The van der Waals surface area contributed by atoms with E-state index in [4.69, 9.17) is 0 Å². The lowest BCUT2D eigenvalue weighted by Crippen LogP contribution is -2.44. The zero-order valence-electron chi connectivity index (χ0n) is 21.4. The van der Waals surface area contributed by atoms with Crippen LogP contribution in [0.15, 0.2) is 71.0 Å². The zero-order valence-corrected chi connectivity index (χ0v) is 22.2. The highest BCUT2D eigenvalue weighted by atomic mass is 32.2. The molecule has 5 rings (SSSR count). The van der Waals surface area contributed by atoms with Crippen molar-refractivity contribution in [2.75, 3.05) is 19.6 Å². The number of rotatable bonds is 5. The van der Waals surface area contributed by atoms with Crippen molar-refractivity contribution >= 4 is 26.8 Å². The van der Waals surface area contributed by atoms with E-state index in [1.165, 1.54) is 10.4 Å². The molecule has 0 saturated carbocycles. The average molecular weight is 520 g/mol. The number of aromatic nitrogens is 1. The van der Waals surface area contributed by atoms with E-state index in [2.05, 4.69) is 20.4 Å². The molecule has 0 spiro atoms. The number of allylic oxidation sites excluding steroid dienone is 1. The van der Waals surface area contributed by atoms with Crippen LogP contribution in [0, 0.1) is 11.8 Å². The van der Waals surface area contributed by atoms with Gasteiger partial charge in [0.2, 0.25) is 15.5 Å². The molecule has 37 heavy (non-hydrogen) atoms. The van der Waals surface area contributed by atoms with Crippen LogP contribution in [0.5, 0.6) is 0 Å². The molecule has 2 atom stereocenters. The normalized spacial score (nSPS) is 20.5. The Morgan fingerprint density at radius 1 is 1.08 bits per heavy atom. The number of carbonyl (C=O) groups excluding carboxylic acids is 1. The van der Waals surface area contributed by atoms with E-state index < -0.39 is 15.5 Å². The fourth-order valence-electron chi connectivity index (χ4n) is 5.80. The Bertz CT molecular complexity index is 1530. The predicted octanol–water partition coefficient (Wildman–Crippen LogP) is 4.05. The molecular formula is C29H33N3O4S. The first kappa shape index (κ1) is 25.4. The second-order valence-corrected chi connectivity index (χ2v) is 12.4. The molecule has 0 aliphatic carbocycles. The summed E-state index contributed by atoms with van der Waals surface area (Å²) >= 11 is 0. The Labute approximate surface area is 218 Å². The molecule has 194 valence electrons. The minimum absolute atomic E-state index is 0.0615. The first-order valence-corrected chi connectivity index (χ1v) is 14.3. The standard InChI is InChI=1S/C29H33N3O4S/c1-4-12-30-19-26(29(34)31-16-20(2)14-21(3)17-31)28(33)25-15-24(9-10-27(25)30)37(35,36)32-13-11-22-7-5-6-8-23(22)18-32/h4-10,15,19-21H,1,11-14,16-18H2,2-3H3/t20-,21-/m0/s1. The highest BCUT2D eigenvalue weighted by Gasteiger charge is 2.31. The number of benzene rings is 2. The molecular weight excluding hydrogens is 486 g/mol. The van der Waals surface area contributed by atoms with E-state index >= 15 is 0 Å². The summed E-state index contributed by atoms with van der Waals surface area (Å²) in [4.78, 5) is 29.0. The van der Waals surface area contributed by atoms with Gasteiger partial charge in [-0.05, 0) is 54.0 Å². The monoisotopic (exact) mass is 519 g/mol. The molecule has 2 aliphatic rings. The van der Waals surface area contributed by atoms with Gasteiger partial charge in [-0.25, -0.2) is 8.42 Å². The summed E-state index contributed by atoms with van der Waals surface area (Å²) in [6, 6.07) is 12.5. The first-order chi connectivity index (χ1) is 17.7. The largest absolute Gasteiger partial charge is 0.343 e. The molecule has 0 unspecified atom stereocenters. The van der Waals surface area contributed by atoms with Crippen LogP contribution in [0.3, 0.4) is 0 Å². The van der Waals surface area contributed by atoms with Crippen LogP contribution in [-0.4, -0.2) is 47.7 Å². The third kappa shape index (κ3) is 4.76. The molecule has 3 aromatic rings. The van der Waals surface area contributed by atoms with E-state index in [0.717, 1.165) is 17.5 Å². The van der Waals surface area contributed by atoms with Crippen LogP contribution in [0.2, 0.25) is 0 Å². The number of piperidine rings is 1. The lowest BCUT2D eigenvalue weighted by Gasteiger charge is -2.35. The number of fused-ring (bicyclic) bond motifs is 2. The van der Waals surface area contributed by atoms with Gasteiger partial charge in [0.25, 0.3) is 5.91 Å². The van der Waals surface area contributed by atoms with Crippen molar-refractivity contribution in [1.29, 1.82) is 0 Å². The van der Waals surface area contributed by atoms with Gasteiger partial charge in [0, 0.05) is 44.3 Å². The minimum atomic E-state index is -3.84. The number of likely N-dealkylation sites (tertiary alicyclic amines) is 1. The number of carbonyl (C=O) groups is 1. The van der Waals surface area contributed by atoms with Gasteiger partial charge in [0.1, 0.15) is 5.56 Å². The van der Waals surface area contributed by atoms with Gasteiger partial charge in [-0.15, -0.1) is 6.58 Å². The summed E-state index contributed by atoms with van der Waals surface area (Å²) in [6.45, 7) is 10.3. The van der Waals surface area contributed by atoms with Gasteiger partial charge < -0.3 is 9.47 Å². The van der Waals surface area contributed by atoms with Gasteiger partial charge in [-0.2, -0.15) is 4.31 Å². The second kappa shape index (κ2) is 9.91. The second-order valence-electron chi connectivity index (χ2n) is 10.5. The fraction of sp³-hybridized carbons (Fsp3) is 0.379. The molecule has 0 bridgehead atoms. The van der Waals surface area contributed by atoms with Crippen molar-refractivity contribution in [2.45, 2.75) is 44.7 Å². The smallest absolute Gasteiger partial charge is 0.259 e. The Balaban J connectivity index is 1.57. The van der Waals surface area contributed by atoms with Crippen LogP contribution < -0.4 is 5.43 Å². The molecule has 2 aliphatic heterocycles. The van der Waals surface area contributed by atoms with Gasteiger partial charge in [0.05, 0.1) is 10.4 Å². The van der Waals surface area contributed by atoms with E-state index in [-0.39, 0.29) is 21.8 Å². The molecule has 1 saturated heterocycles. The van der Waals surface area contributed by atoms with Crippen LogP contribution >= 0.6 is 0 Å². The van der Waals surface area contributed by atoms with E-state index in [9.17, 15) is 18.0 Å². The van der Waals surface area contributed by atoms with Crippen molar-refractivity contribution in [3.8, 4) is 0 Å². The number of hydrogen-bond acceptors (Lipinski definition) is 4.